The molecule has 0 aliphatic carbocycles. The third-order valence-corrected chi connectivity index (χ3v) is 4.71. The van der Waals surface area contributed by atoms with E-state index in [1.807, 2.05) is 31.2 Å². The van der Waals surface area contributed by atoms with Crippen molar-refractivity contribution in [3.8, 4) is 0 Å². The van der Waals surface area contributed by atoms with Gasteiger partial charge in [0.1, 0.15) is 11.3 Å². The van der Waals surface area contributed by atoms with Crippen LogP contribution in [0.4, 0.5) is 4.79 Å². The Labute approximate surface area is 147 Å². The molecule has 0 saturated carbocycles. The highest BCUT2D eigenvalue weighted by Crippen LogP contribution is 2.32. The average Bonchev–Trinajstić information content (AvgIpc) is 2.76. The summed E-state index contributed by atoms with van der Waals surface area (Å²) < 4.78 is 6.05. The quantitative estimate of drug-likeness (QED) is 0.900. The van der Waals surface area contributed by atoms with E-state index < -0.39 is 0 Å². The number of furan rings is 1. The van der Waals surface area contributed by atoms with Crippen molar-refractivity contribution in [3.63, 3.8) is 0 Å². The first-order valence-electron chi connectivity index (χ1n) is 8.77. The summed E-state index contributed by atoms with van der Waals surface area (Å²) >= 11 is 0. The average molecular weight is 343 g/mol. The van der Waals surface area contributed by atoms with Crippen LogP contribution in [0.15, 0.2) is 28.7 Å². The van der Waals surface area contributed by atoms with Crippen LogP contribution in [0.5, 0.6) is 0 Å². The number of fused-ring (bicyclic) bond motifs is 1. The van der Waals surface area contributed by atoms with Gasteiger partial charge < -0.3 is 20.0 Å². The predicted molar refractivity (Wildman–Crippen MR) is 96.3 cm³/mol. The Bertz CT molecular complexity index is 781. The van der Waals surface area contributed by atoms with Crippen LogP contribution in [0.1, 0.15) is 37.6 Å². The van der Waals surface area contributed by atoms with Gasteiger partial charge in [-0.25, -0.2) is 4.79 Å². The van der Waals surface area contributed by atoms with E-state index in [1.54, 1.807) is 4.90 Å². The van der Waals surface area contributed by atoms with E-state index in [1.165, 1.54) is 0 Å². The van der Waals surface area contributed by atoms with Gasteiger partial charge in [0.15, 0.2) is 0 Å². The Kier molecular flexibility index (Phi) is 4.97. The summed E-state index contributed by atoms with van der Waals surface area (Å²) in [4.78, 5) is 25.9. The SMILES string of the molecule is Cc1c(C(NC(=O)N2CCNC(=O)CC2)C(C)C)oc2ccccc12. The monoisotopic (exact) mass is 343 g/mol. The first-order valence-corrected chi connectivity index (χ1v) is 8.77. The number of aryl methyl sites for hydroxylation is 1. The van der Waals surface area contributed by atoms with Gasteiger partial charge >= 0.3 is 6.03 Å². The standard InChI is InChI=1S/C19H25N3O3/c1-12(2)17(18-13(3)14-6-4-5-7-15(14)25-18)21-19(24)22-10-8-16(23)20-9-11-22/h4-7,12,17H,8-11H2,1-3H3,(H,20,23)(H,21,24). The molecule has 6 nitrogen and oxygen atoms in total. The second kappa shape index (κ2) is 7.17. The maximum Gasteiger partial charge on any atom is 0.318 e. The predicted octanol–water partition coefficient (Wildman–Crippen LogP) is 2.97. The minimum Gasteiger partial charge on any atom is -0.459 e. The molecule has 1 atom stereocenters. The summed E-state index contributed by atoms with van der Waals surface area (Å²) in [6.07, 6.45) is 0.337. The molecule has 2 heterocycles. The molecule has 0 radical (unpaired) electrons. The number of urea groups is 1. The highest BCUT2D eigenvalue weighted by molar-refractivity contribution is 5.83. The summed E-state index contributed by atoms with van der Waals surface area (Å²) in [6.45, 7) is 7.58. The molecule has 25 heavy (non-hydrogen) atoms. The van der Waals surface area contributed by atoms with Crippen molar-refractivity contribution in [2.24, 2.45) is 5.92 Å². The van der Waals surface area contributed by atoms with E-state index in [2.05, 4.69) is 24.5 Å². The summed E-state index contributed by atoms with van der Waals surface area (Å²) in [5, 5.41) is 6.96. The Morgan fingerprint density at radius 1 is 1.28 bits per heavy atom. The number of amides is 3. The number of nitrogens with zero attached hydrogens (tertiary/aromatic N) is 1. The van der Waals surface area contributed by atoms with Gasteiger partial charge in [0, 0.05) is 37.0 Å². The summed E-state index contributed by atoms with van der Waals surface area (Å²) in [6, 6.07) is 7.53. The minimum atomic E-state index is -0.216. The molecule has 0 spiro atoms. The van der Waals surface area contributed by atoms with Crippen LogP contribution in [0.3, 0.4) is 0 Å². The molecule has 2 N–H and O–H groups in total. The number of rotatable bonds is 3. The second-order valence-corrected chi connectivity index (χ2v) is 6.85. The van der Waals surface area contributed by atoms with Crippen molar-refractivity contribution in [1.82, 2.24) is 15.5 Å². The fourth-order valence-electron chi connectivity index (χ4n) is 3.22. The van der Waals surface area contributed by atoms with Gasteiger partial charge in [-0.2, -0.15) is 0 Å². The lowest BCUT2D eigenvalue weighted by atomic mass is 9.98. The number of hydrogen-bond donors (Lipinski definition) is 2. The van der Waals surface area contributed by atoms with Crippen LogP contribution in [-0.2, 0) is 4.79 Å². The Morgan fingerprint density at radius 2 is 2.04 bits per heavy atom. The molecule has 1 saturated heterocycles. The number of para-hydroxylation sites is 1. The molecule has 1 aromatic carbocycles. The fraction of sp³-hybridized carbons (Fsp3) is 0.474. The molecule has 3 rings (SSSR count). The molecule has 2 aromatic rings. The molecular weight excluding hydrogens is 318 g/mol. The van der Waals surface area contributed by atoms with Crippen molar-refractivity contribution in [1.29, 1.82) is 0 Å². The van der Waals surface area contributed by atoms with Gasteiger partial charge in [-0.1, -0.05) is 32.0 Å². The molecule has 1 unspecified atom stereocenters. The van der Waals surface area contributed by atoms with E-state index >= 15 is 0 Å². The Morgan fingerprint density at radius 3 is 2.76 bits per heavy atom. The molecule has 3 amide bonds. The molecule has 6 heteroatoms. The number of hydrogen-bond acceptors (Lipinski definition) is 3. The smallest absolute Gasteiger partial charge is 0.318 e. The molecule has 1 aliphatic heterocycles. The van der Waals surface area contributed by atoms with Crippen molar-refractivity contribution >= 4 is 22.9 Å². The van der Waals surface area contributed by atoms with Crippen molar-refractivity contribution in [2.45, 2.75) is 33.2 Å². The van der Waals surface area contributed by atoms with Crippen molar-refractivity contribution in [2.75, 3.05) is 19.6 Å². The van der Waals surface area contributed by atoms with Crippen molar-refractivity contribution < 1.29 is 14.0 Å². The maximum absolute atomic E-state index is 12.7. The van der Waals surface area contributed by atoms with Crippen LogP contribution in [0, 0.1) is 12.8 Å². The van der Waals surface area contributed by atoms with Crippen LogP contribution in [-0.4, -0.2) is 36.5 Å². The van der Waals surface area contributed by atoms with Gasteiger partial charge in [-0.15, -0.1) is 0 Å². The number of benzene rings is 1. The van der Waals surface area contributed by atoms with E-state index in [0.717, 1.165) is 22.3 Å². The number of nitrogens with one attached hydrogen (secondary N) is 2. The molecule has 1 fully saturated rings. The topological polar surface area (TPSA) is 74.6 Å². The van der Waals surface area contributed by atoms with Gasteiger partial charge in [-0.3, -0.25) is 4.79 Å². The zero-order valence-electron chi connectivity index (χ0n) is 15.0. The number of carbonyl (C=O) groups excluding carboxylic acids is 2. The van der Waals surface area contributed by atoms with Crippen LogP contribution in [0.2, 0.25) is 0 Å². The lowest BCUT2D eigenvalue weighted by molar-refractivity contribution is -0.120. The molecule has 134 valence electrons. The highest BCUT2D eigenvalue weighted by atomic mass is 16.3. The lowest BCUT2D eigenvalue weighted by Gasteiger charge is -2.26. The van der Waals surface area contributed by atoms with Gasteiger partial charge in [0.25, 0.3) is 0 Å². The van der Waals surface area contributed by atoms with Crippen molar-refractivity contribution in [3.05, 3.63) is 35.6 Å². The molecule has 0 bridgehead atoms. The fourth-order valence-corrected chi connectivity index (χ4v) is 3.22. The largest absolute Gasteiger partial charge is 0.459 e. The van der Waals surface area contributed by atoms with E-state index in [4.69, 9.17) is 4.42 Å². The zero-order valence-corrected chi connectivity index (χ0v) is 15.0. The Balaban J connectivity index is 1.82. The van der Waals surface area contributed by atoms with E-state index in [0.29, 0.717) is 26.1 Å². The lowest BCUT2D eigenvalue weighted by Crippen LogP contribution is -2.44. The van der Waals surface area contributed by atoms with Crippen LogP contribution >= 0.6 is 0 Å². The van der Waals surface area contributed by atoms with E-state index in [-0.39, 0.29) is 23.9 Å². The highest BCUT2D eigenvalue weighted by Gasteiger charge is 2.27. The first kappa shape index (κ1) is 17.3. The summed E-state index contributed by atoms with van der Waals surface area (Å²) in [7, 11) is 0. The van der Waals surface area contributed by atoms with Gasteiger partial charge in [0.2, 0.25) is 5.91 Å². The second-order valence-electron chi connectivity index (χ2n) is 6.85. The van der Waals surface area contributed by atoms with Crippen LogP contribution < -0.4 is 10.6 Å². The van der Waals surface area contributed by atoms with Crippen LogP contribution in [0.25, 0.3) is 11.0 Å². The van der Waals surface area contributed by atoms with Gasteiger partial charge in [0.05, 0.1) is 6.04 Å². The number of carbonyl (C=O) groups is 2. The first-order chi connectivity index (χ1) is 12.0. The molecule has 1 aromatic heterocycles. The maximum atomic E-state index is 12.7. The molecular formula is C19H25N3O3. The molecule has 1 aliphatic rings. The third-order valence-electron chi connectivity index (χ3n) is 4.71. The van der Waals surface area contributed by atoms with E-state index in [9.17, 15) is 9.59 Å². The summed E-state index contributed by atoms with van der Waals surface area (Å²) in [5.74, 6) is 0.965. The summed E-state index contributed by atoms with van der Waals surface area (Å²) in [5.41, 5.74) is 1.89. The minimum absolute atomic E-state index is 0.0103. The zero-order chi connectivity index (χ0) is 18.0. The third kappa shape index (κ3) is 3.62. The van der Waals surface area contributed by atoms with Gasteiger partial charge in [-0.05, 0) is 18.9 Å². The Hall–Kier alpha value is -2.50. The normalized spacial score (nSPS) is 16.6.